The van der Waals surface area contributed by atoms with Gasteiger partial charge in [-0.1, -0.05) is 6.07 Å². The van der Waals surface area contributed by atoms with Crippen molar-refractivity contribution in [2.45, 2.75) is 32.2 Å². The largest absolute Gasteiger partial charge is 0.396 e. The molecule has 1 amide bonds. The number of thiophene rings is 1. The lowest BCUT2D eigenvalue weighted by atomic mass is 10.2. The Morgan fingerprint density at radius 1 is 1.56 bits per heavy atom. The molecule has 1 heterocycles. The number of aliphatic hydroxyl groups excluding tert-OH is 1. The molecule has 16 heavy (non-hydrogen) atoms. The molecule has 1 N–H and O–H groups in total. The molecule has 0 aliphatic rings. The number of aliphatic hydroxyl groups is 1. The van der Waals surface area contributed by atoms with Crippen LogP contribution >= 0.6 is 11.3 Å². The summed E-state index contributed by atoms with van der Waals surface area (Å²) in [5.41, 5.74) is 0. The van der Waals surface area contributed by atoms with Crippen molar-refractivity contribution in [3.63, 3.8) is 0 Å². The van der Waals surface area contributed by atoms with Gasteiger partial charge >= 0.3 is 0 Å². The van der Waals surface area contributed by atoms with Crippen LogP contribution in [0.15, 0.2) is 17.5 Å². The molecule has 1 rings (SSSR count). The Labute approximate surface area is 101 Å². The number of carbonyl (C=O) groups excluding carboxylic acids is 1. The predicted octanol–water partition coefficient (Wildman–Crippen LogP) is 2.43. The molecule has 3 nitrogen and oxygen atoms in total. The predicted molar refractivity (Wildman–Crippen MR) is 66.4 cm³/mol. The second-order valence-corrected chi connectivity index (χ2v) is 4.86. The van der Waals surface area contributed by atoms with Crippen LogP contribution in [0.4, 0.5) is 0 Å². The molecule has 90 valence electrons. The van der Waals surface area contributed by atoms with Gasteiger partial charge in [-0.3, -0.25) is 4.79 Å². The molecule has 0 aromatic carbocycles. The molecule has 1 unspecified atom stereocenters. The van der Waals surface area contributed by atoms with Crippen LogP contribution in [-0.4, -0.2) is 29.6 Å². The lowest BCUT2D eigenvalue weighted by molar-refractivity contribution is -0.131. The number of hydrogen-bond acceptors (Lipinski definition) is 3. The van der Waals surface area contributed by atoms with Gasteiger partial charge in [0.1, 0.15) is 0 Å². The third-order valence-electron chi connectivity index (χ3n) is 2.73. The Balaban J connectivity index is 2.44. The molecule has 0 bridgehead atoms. The van der Waals surface area contributed by atoms with Crippen LogP contribution in [-0.2, 0) is 4.79 Å². The van der Waals surface area contributed by atoms with Crippen LogP contribution in [0, 0.1) is 0 Å². The standard InChI is InChI=1S/C12H19NO2S/c1-10(11-6-5-9-16-11)13(2)12(15)7-3-4-8-14/h5-6,9-10,14H,3-4,7-8H2,1-2H3. The number of amides is 1. The monoisotopic (exact) mass is 241 g/mol. The highest BCUT2D eigenvalue weighted by Crippen LogP contribution is 2.23. The fourth-order valence-electron chi connectivity index (χ4n) is 1.50. The van der Waals surface area contributed by atoms with Crippen LogP contribution in [0.25, 0.3) is 0 Å². The minimum Gasteiger partial charge on any atom is -0.396 e. The lowest BCUT2D eigenvalue weighted by Crippen LogP contribution is -2.28. The van der Waals surface area contributed by atoms with Crippen molar-refractivity contribution in [1.29, 1.82) is 0 Å². The third kappa shape index (κ3) is 3.61. The van der Waals surface area contributed by atoms with Crippen LogP contribution < -0.4 is 0 Å². The topological polar surface area (TPSA) is 40.5 Å². The molecule has 0 saturated carbocycles. The minimum absolute atomic E-state index is 0.140. The molecule has 0 radical (unpaired) electrons. The maximum atomic E-state index is 11.8. The van der Waals surface area contributed by atoms with E-state index in [1.165, 1.54) is 4.88 Å². The van der Waals surface area contributed by atoms with E-state index in [4.69, 9.17) is 5.11 Å². The first-order valence-corrected chi connectivity index (χ1v) is 6.44. The van der Waals surface area contributed by atoms with Gasteiger partial charge in [0.25, 0.3) is 0 Å². The van der Waals surface area contributed by atoms with E-state index in [0.717, 1.165) is 6.42 Å². The number of carbonyl (C=O) groups is 1. The Kier molecular flexibility index (Phi) is 5.49. The molecular formula is C12H19NO2S. The summed E-state index contributed by atoms with van der Waals surface area (Å²) in [6.07, 6.45) is 1.98. The van der Waals surface area contributed by atoms with Crippen molar-refractivity contribution < 1.29 is 9.90 Å². The van der Waals surface area contributed by atoms with Crippen LogP contribution in [0.3, 0.4) is 0 Å². The van der Waals surface area contributed by atoms with E-state index >= 15 is 0 Å². The van der Waals surface area contributed by atoms with E-state index in [1.807, 2.05) is 31.5 Å². The third-order valence-corrected chi connectivity index (χ3v) is 3.77. The van der Waals surface area contributed by atoms with Crippen molar-refractivity contribution in [3.05, 3.63) is 22.4 Å². The molecule has 1 atom stereocenters. The SMILES string of the molecule is CC(c1cccs1)N(C)C(=O)CCCCO. The zero-order valence-corrected chi connectivity index (χ0v) is 10.7. The maximum absolute atomic E-state index is 11.8. The number of unbranched alkanes of at least 4 members (excludes halogenated alkanes) is 1. The molecule has 1 aromatic heterocycles. The summed E-state index contributed by atoms with van der Waals surface area (Å²) in [7, 11) is 1.84. The first-order valence-electron chi connectivity index (χ1n) is 5.56. The average Bonchev–Trinajstić information content (AvgIpc) is 2.80. The highest BCUT2D eigenvalue weighted by molar-refractivity contribution is 7.10. The molecular weight excluding hydrogens is 222 g/mol. The van der Waals surface area contributed by atoms with E-state index in [1.54, 1.807) is 16.2 Å². The zero-order chi connectivity index (χ0) is 12.0. The van der Waals surface area contributed by atoms with Crippen molar-refractivity contribution in [2.75, 3.05) is 13.7 Å². The van der Waals surface area contributed by atoms with Crippen LogP contribution in [0.5, 0.6) is 0 Å². The van der Waals surface area contributed by atoms with Gasteiger partial charge in [-0.15, -0.1) is 11.3 Å². The summed E-state index contributed by atoms with van der Waals surface area (Å²) in [4.78, 5) is 14.8. The minimum atomic E-state index is 0.140. The van der Waals surface area contributed by atoms with Gasteiger partial charge in [-0.05, 0) is 31.2 Å². The normalized spacial score (nSPS) is 12.4. The molecule has 0 aliphatic carbocycles. The number of hydrogen-bond donors (Lipinski definition) is 1. The molecule has 0 fully saturated rings. The lowest BCUT2D eigenvalue weighted by Gasteiger charge is -2.24. The van der Waals surface area contributed by atoms with Gasteiger partial charge in [-0.2, -0.15) is 0 Å². The van der Waals surface area contributed by atoms with Crippen molar-refractivity contribution in [2.24, 2.45) is 0 Å². The molecule has 4 heteroatoms. The van der Waals surface area contributed by atoms with Gasteiger partial charge < -0.3 is 10.0 Å². The summed E-state index contributed by atoms with van der Waals surface area (Å²) in [5.74, 6) is 0.148. The molecule has 1 aromatic rings. The number of nitrogens with zero attached hydrogens (tertiary/aromatic N) is 1. The van der Waals surface area contributed by atoms with Gasteiger partial charge in [-0.25, -0.2) is 0 Å². The Bertz CT molecular complexity index is 311. The van der Waals surface area contributed by atoms with E-state index in [9.17, 15) is 4.79 Å². The Morgan fingerprint density at radius 3 is 2.88 bits per heavy atom. The zero-order valence-electron chi connectivity index (χ0n) is 9.85. The van der Waals surface area contributed by atoms with Gasteiger partial charge in [0.15, 0.2) is 0 Å². The van der Waals surface area contributed by atoms with Crippen molar-refractivity contribution in [3.8, 4) is 0 Å². The fraction of sp³-hybridized carbons (Fsp3) is 0.583. The first-order chi connectivity index (χ1) is 7.66. The molecule has 0 spiro atoms. The first kappa shape index (κ1) is 13.2. The van der Waals surface area contributed by atoms with Gasteiger partial charge in [0, 0.05) is 25.0 Å². The maximum Gasteiger partial charge on any atom is 0.222 e. The summed E-state index contributed by atoms with van der Waals surface area (Å²) in [6, 6.07) is 4.19. The Morgan fingerprint density at radius 2 is 2.31 bits per heavy atom. The van der Waals surface area contributed by atoms with Crippen LogP contribution in [0.1, 0.15) is 37.1 Å². The Hall–Kier alpha value is -0.870. The fourth-order valence-corrected chi connectivity index (χ4v) is 2.33. The highest BCUT2D eigenvalue weighted by atomic mass is 32.1. The average molecular weight is 241 g/mol. The number of rotatable bonds is 6. The molecule has 0 aliphatic heterocycles. The van der Waals surface area contributed by atoms with Crippen LogP contribution in [0.2, 0.25) is 0 Å². The quantitative estimate of drug-likeness (QED) is 0.777. The highest BCUT2D eigenvalue weighted by Gasteiger charge is 2.17. The van der Waals surface area contributed by atoms with E-state index in [-0.39, 0.29) is 18.6 Å². The van der Waals surface area contributed by atoms with Gasteiger partial charge in [0.05, 0.1) is 6.04 Å². The van der Waals surface area contributed by atoms with E-state index < -0.39 is 0 Å². The smallest absolute Gasteiger partial charge is 0.222 e. The van der Waals surface area contributed by atoms with Crippen molar-refractivity contribution in [1.82, 2.24) is 4.90 Å². The summed E-state index contributed by atoms with van der Waals surface area (Å²) >= 11 is 1.67. The second kappa shape index (κ2) is 6.66. The summed E-state index contributed by atoms with van der Waals surface area (Å²) in [6.45, 7) is 2.20. The van der Waals surface area contributed by atoms with Gasteiger partial charge in [0.2, 0.25) is 5.91 Å². The summed E-state index contributed by atoms with van der Waals surface area (Å²) in [5, 5.41) is 10.7. The van der Waals surface area contributed by atoms with E-state index in [0.29, 0.717) is 12.8 Å². The van der Waals surface area contributed by atoms with Crippen molar-refractivity contribution >= 4 is 17.2 Å². The van der Waals surface area contributed by atoms with E-state index in [2.05, 4.69) is 0 Å². The summed E-state index contributed by atoms with van der Waals surface area (Å²) < 4.78 is 0. The second-order valence-electron chi connectivity index (χ2n) is 3.88. The molecule has 0 saturated heterocycles.